The van der Waals surface area contributed by atoms with Crippen molar-refractivity contribution in [2.45, 2.75) is 13.5 Å². The van der Waals surface area contributed by atoms with E-state index < -0.39 is 5.82 Å². The lowest BCUT2D eigenvalue weighted by Gasteiger charge is -2.13. The van der Waals surface area contributed by atoms with E-state index in [1.165, 1.54) is 18.2 Å². The van der Waals surface area contributed by atoms with Crippen LogP contribution in [0, 0.1) is 12.7 Å². The molecule has 0 N–H and O–H groups in total. The third kappa shape index (κ3) is 3.12. The summed E-state index contributed by atoms with van der Waals surface area (Å²) >= 11 is 6.95. The highest BCUT2D eigenvalue weighted by Crippen LogP contribution is 2.36. The molecule has 4 rings (SSSR count). The molecule has 3 aromatic rings. The number of fused-ring (bicyclic) bond motifs is 1. The van der Waals surface area contributed by atoms with Crippen LogP contribution in [0.2, 0.25) is 5.02 Å². The predicted molar refractivity (Wildman–Crippen MR) is 111 cm³/mol. The zero-order chi connectivity index (χ0) is 20.0. The number of thioether (sulfide) groups is 1. The highest BCUT2D eigenvalue weighted by Gasteiger charge is 2.35. The van der Waals surface area contributed by atoms with Crippen LogP contribution in [0.1, 0.15) is 16.8 Å². The maximum absolute atomic E-state index is 13.2. The van der Waals surface area contributed by atoms with Gasteiger partial charge in [-0.05, 0) is 48.5 Å². The number of amides is 2. The van der Waals surface area contributed by atoms with E-state index in [2.05, 4.69) is 4.57 Å². The molecule has 0 unspecified atom stereocenters. The summed E-state index contributed by atoms with van der Waals surface area (Å²) in [5.41, 5.74) is 3.51. The Morgan fingerprint density at radius 1 is 1.18 bits per heavy atom. The van der Waals surface area contributed by atoms with Crippen LogP contribution < -0.4 is 0 Å². The van der Waals surface area contributed by atoms with Gasteiger partial charge in [0, 0.05) is 34.2 Å². The molecule has 2 aromatic carbocycles. The molecule has 0 bridgehead atoms. The molecule has 7 heteroatoms. The molecule has 2 amide bonds. The molecule has 142 valence electrons. The van der Waals surface area contributed by atoms with E-state index in [-0.39, 0.29) is 22.7 Å². The van der Waals surface area contributed by atoms with Gasteiger partial charge in [0.15, 0.2) is 0 Å². The Bertz CT molecular complexity index is 1170. The molecule has 0 spiro atoms. The van der Waals surface area contributed by atoms with Crippen LogP contribution in [0.5, 0.6) is 0 Å². The largest absolute Gasteiger partial charge is 0.347 e. The van der Waals surface area contributed by atoms with Gasteiger partial charge < -0.3 is 4.57 Å². The molecule has 0 aliphatic carbocycles. The normalized spacial score (nSPS) is 16.0. The van der Waals surface area contributed by atoms with Crippen LogP contribution in [0.25, 0.3) is 17.0 Å². The fourth-order valence-electron chi connectivity index (χ4n) is 3.32. The summed E-state index contributed by atoms with van der Waals surface area (Å²) in [7, 11) is 1.97. The van der Waals surface area contributed by atoms with E-state index in [1.54, 1.807) is 6.08 Å². The molecule has 2 heterocycles. The number of hydrogen-bond acceptors (Lipinski definition) is 3. The van der Waals surface area contributed by atoms with Crippen molar-refractivity contribution in [1.82, 2.24) is 9.47 Å². The number of carbonyl (C=O) groups is 2. The number of aryl methyl sites for hydroxylation is 1. The monoisotopic (exact) mass is 414 g/mol. The molecule has 1 aliphatic heterocycles. The van der Waals surface area contributed by atoms with E-state index in [0.717, 1.165) is 38.8 Å². The standard InChI is InChI=1S/C21H16ClFN2O2S/c1-12-16(15-5-3-4-6-18(15)24(12)2)10-19-20(26)25(21(27)28-19)11-13-7-8-14(23)9-17(13)22/h3-10H,11H2,1-2H3/b19-10+. The molecule has 4 nitrogen and oxygen atoms in total. The Hall–Kier alpha value is -2.57. The van der Waals surface area contributed by atoms with Gasteiger partial charge in [0.05, 0.1) is 11.4 Å². The van der Waals surface area contributed by atoms with Crippen LogP contribution in [0.15, 0.2) is 47.4 Å². The van der Waals surface area contributed by atoms with Crippen LogP contribution >= 0.6 is 23.4 Å². The van der Waals surface area contributed by atoms with E-state index in [9.17, 15) is 14.0 Å². The fraction of sp³-hybridized carbons (Fsp3) is 0.143. The smallest absolute Gasteiger partial charge is 0.293 e. The molecule has 0 atom stereocenters. The zero-order valence-corrected chi connectivity index (χ0v) is 16.8. The number of halogens is 2. The van der Waals surface area contributed by atoms with Crippen LogP contribution in [0.4, 0.5) is 9.18 Å². The van der Waals surface area contributed by atoms with Crippen molar-refractivity contribution < 1.29 is 14.0 Å². The molecule has 0 saturated carbocycles. The Morgan fingerprint density at radius 3 is 2.68 bits per heavy atom. The highest BCUT2D eigenvalue weighted by atomic mass is 35.5. The lowest BCUT2D eigenvalue weighted by molar-refractivity contribution is -0.123. The first-order chi connectivity index (χ1) is 13.4. The second kappa shape index (κ2) is 7.11. The summed E-state index contributed by atoms with van der Waals surface area (Å²) in [6.45, 7) is 1.99. The average Bonchev–Trinajstić information content (AvgIpc) is 3.07. The van der Waals surface area contributed by atoms with Crippen LogP contribution in [-0.2, 0) is 18.4 Å². The molecule has 0 radical (unpaired) electrons. The molecule has 1 aromatic heterocycles. The van der Waals surface area contributed by atoms with E-state index in [4.69, 9.17) is 11.6 Å². The highest BCUT2D eigenvalue weighted by molar-refractivity contribution is 8.18. The first-order valence-corrected chi connectivity index (χ1v) is 9.79. The first kappa shape index (κ1) is 18.8. The molecular formula is C21H16ClFN2O2S. The second-order valence-electron chi connectivity index (χ2n) is 6.58. The van der Waals surface area contributed by atoms with Crippen molar-refractivity contribution in [1.29, 1.82) is 0 Å². The molecule has 1 aliphatic rings. The van der Waals surface area contributed by atoms with E-state index in [1.807, 2.05) is 38.2 Å². The molecule has 28 heavy (non-hydrogen) atoms. The summed E-state index contributed by atoms with van der Waals surface area (Å²) in [4.78, 5) is 26.8. The lowest BCUT2D eigenvalue weighted by atomic mass is 10.1. The SMILES string of the molecule is Cc1c(/C=C2/SC(=O)N(Cc3ccc(F)cc3Cl)C2=O)c2ccccc2n1C. The van der Waals surface area contributed by atoms with Gasteiger partial charge in [-0.1, -0.05) is 35.9 Å². The minimum atomic E-state index is -0.464. The maximum atomic E-state index is 13.2. The number of carbonyl (C=O) groups excluding carboxylic acids is 2. The van der Waals surface area contributed by atoms with Gasteiger partial charge in [-0.25, -0.2) is 4.39 Å². The van der Waals surface area contributed by atoms with Gasteiger partial charge in [-0.3, -0.25) is 14.5 Å². The number of aromatic nitrogens is 1. The number of hydrogen-bond donors (Lipinski definition) is 0. The minimum absolute atomic E-state index is 0.00956. The number of benzene rings is 2. The van der Waals surface area contributed by atoms with Gasteiger partial charge in [-0.15, -0.1) is 0 Å². The summed E-state index contributed by atoms with van der Waals surface area (Å²) in [6.07, 6.45) is 1.77. The first-order valence-electron chi connectivity index (χ1n) is 8.60. The van der Waals surface area contributed by atoms with Gasteiger partial charge in [0.1, 0.15) is 5.82 Å². The van der Waals surface area contributed by atoms with Crippen molar-refractivity contribution in [3.05, 3.63) is 75.0 Å². The third-order valence-electron chi connectivity index (χ3n) is 4.94. The maximum Gasteiger partial charge on any atom is 0.293 e. The zero-order valence-electron chi connectivity index (χ0n) is 15.2. The topological polar surface area (TPSA) is 42.3 Å². The van der Waals surface area contributed by atoms with Gasteiger partial charge in [0.2, 0.25) is 0 Å². The quantitative estimate of drug-likeness (QED) is 0.530. The number of rotatable bonds is 3. The fourth-order valence-corrected chi connectivity index (χ4v) is 4.37. The number of nitrogens with zero attached hydrogens (tertiary/aromatic N) is 2. The Morgan fingerprint density at radius 2 is 1.93 bits per heavy atom. The van der Waals surface area contributed by atoms with Crippen molar-refractivity contribution >= 4 is 51.5 Å². The molecular weight excluding hydrogens is 399 g/mol. The minimum Gasteiger partial charge on any atom is -0.347 e. The Kier molecular flexibility index (Phi) is 4.77. The lowest BCUT2D eigenvalue weighted by Crippen LogP contribution is -2.27. The Labute approximate surface area is 170 Å². The second-order valence-corrected chi connectivity index (χ2v) is 7.98. The van der Waals surface area contributed by atoms with Crippen molar-refractivity contribution in [3.63, 3.8) is 0 Å². The summed E-state index contributed by atoms with van der Waals surface area (Å²) in [5.74, 6) is -0.836. The van der Waals surface area contributed by atoms with Crippen molar-refractivity contribution in [2.75, 3.05) is 0 Å². The number of para-hydroxylation sites is 1. The van der Waals surface area contributed by atoms with Crippen LogP contribution in [0.3, 0.4) is 0 Å². The Balaban J connectivity index is 1.69. The van der Waals surface area contributed by atoms with Gasteiger partial charge in [0.25, 0.3) is 11.1 Å². The van der Waals surface area contributed by atoms with E-state index >= 15 is 0 Å². The predicted octanol–water partition coefficient (Wildman–Crippen LogP) is 5.52. The molecule has 1 saturated heterocycles. The molecule has 1 fully saturated rings. The van der Waals surface area contributed by atoms with E-state index in [0.29, 0.717) is 10.5 Å². The summed E-state index contributed by atoms with van der Waals surface area (Å²) in [5, 5.41) is 0.846. The summed E-state index contributed by atoms with van der Waals surface area (Å²) < 4.78 is 15.3. The van der Waals surface area contributed by atoms with Crippen molar-refractivity contribution in [3.8, 4) is 0 Å². The van der Waals surface area contributed by atoms with Gasteiger partial charge >= 0.3 is 0 Å². The number of imide groups is 1. The average molecular weight is 415 g/mol. The van der Waals surface area contributed by atoms with Crippen molar-refractivity contribution in [2.24, 2.45) is 7.05 Å². The summed E-state index contributed by atoms with van der Waals surface area (Å²) in [6, 6.07) is 11.8. The third-order valence-corrected chi connectivity index (χ3v) is 6.20. The van der Waals surface area contributed by atoms with Gasteiger partial charge in [-0.2, -0.15) is 0 Å². The van der Waals surface area contributed by atoms with Crippen LogP contribution in [-0.4, -0.2) is 20.6 Å².